The quantitative estimate of drug-likeness (QED) is 0.508. The molecule has 29 heavy (non-hydrogen) atoms. The standard InChI is InChI=1S/C22H24N6O/c1-16(2)28(15-21-23-11-12-26(21)3)22(29)20-14-27(25-24-20)13-18-9-6-8-17-7-4-5-10-19(17)18/h4-12,14,16H,13,15H2,1-3H3. The molecule has 2 aromatic carbocycles. The number of rotatable bonds is 6. The predicted molar refractivity (Wildman–Crippen MR) is 111 cm³/mol. The average molecular weight is 388 g/mol. The minimum Gasteiger partial charge on any atom is -0.337 e. The second kappa shape index (κ2) is 7.87. The zero-order chi connectivity index (χ0) is 20.4. The maximum Gasteiger partial charge on any atom is 0.276 e. The lowest BCUT2D eigenvalue weighted by Crippen LogP contribution is -2.37. The Morgan fingerprint density at radius 2 is 1.93 bits per heavy atom. The summed E-state index contributed by atoms with van der Waals surface area (Å²) in [6, 6.07) is 14.5. The first-order chi connectivity index (χ1) is 14.0. The Bertz CT molecular complexity index is 1140. The van der Waals surface area contributed by atoms with Gasteiger partial charge in [-0.05, 0) is 30.2 Å². The first kappa shape index (κ1) is 18.9. The van der Waals surface area contributed by atoms with Crippen molar-refractivity contribution in [2.24, 2.45) is 7.05 Å². The van der Waals surface area contributed by atoms with Crippen molar-refractivity contribution in [2.45, 2.75) is 33.0 Å². The van der Waals surface area contributed by atoms with Crippen LogP contribution in [0.15, 0.2) is 61.1 Å². The molecule has 4 aromatic rings. The van der Waals surface area contributed by atoms with E-state index in [0.29, 0.717) is 18.8 Å². The molecule has 7 nitrogen and oxygen atoms in total. The fourth-order valence-corrected chi connectivity index (χ4v) is 3.42. The smallest absolute Gasteiger partial charge is 0.276 e. The normalized spacial score (nSPS) is 11.3. The van der Waals surface area contributed by atoms with Crippen molar-refractivity contribution in [3.63, 3.8) is 0 Å². The van der Waals surface area contributed by atoms with Crippen LogP contribution in [-0.2, 0) is 20.1 Å². The number of carbonyl (C=O) groups excluding carboxylic acids is 1. The van der Waals surface area contributed by atoms with Gasteiger partial charge in [0, 0.05) is 25.5 Å². The first-order valence-corrected chi connectivity index (χ1v) is 9.67. The third-order valence-corrected chi connectivity index (χ3v) is 5.09. The molecule has 0 radical (unpaired) electrons. The second-order valence-corrected chi connectivity index (χ2v) is 7.42. The van der Waals surface area contributed by atoms with Crippen molar-refractivity contribution in [2.75, 3.05) is 0 Å². The molecule has 1 amide bonds. The van der Waals surface area contributed by atoms with Crippen molar-refractivity contribution in [1.82, 2.24) is 29.4 Å². The predicted octanol–water partition coefficient (Wildman–Crippen LogP) is 3.26. The molecular formula is C22H24N6O. The van der Waals surface area contributed by atoms with Gasteiger partial charge in [-0.25, -0.2) is 9.67 Å². The van der Waals surface area contributed by atoms with Crippen LogP contribution in [0.2, 0.25) is 0 Å². The molecule has 0 aliphatic rings. The van der Waals surface area contributed by atoms with Crippen molar-refractivity contribution < 1.29 is 4.79 Å². The van der Waals surface area contributed by atoms with Gasteiger partial charge in [0.15, 0.2) is 5.69 Å². The highest BCUT2D eigenvalue weighted by atomic mass is 16.2. The summed E-state index contributed by atoms with van der Waals surface area (Å²) in [4.78, 5) is 19.2. The molecule has 0 saturated carbocycles. The SMILES string of the molecule is CC(C)N(Cc1nccn1C)C(=O)c1cn(Cc2cccc3ccccc23)nn1. The van der Waals surface area contributed by atoms with Gasteiger partial charge >= 0.3 is 0 Å². The fraction of sp³-hybridized carbons (Fsp3) is 0.273. The van der Waals surface area contributed by atoms with E-state index in [2.05, 4.69) is 39.6 Å². The van der Waals surface area contributed by atoms with Gasteiger partial charge in [-0.1, -0.05) is 47.7 Å². The minimum atomic E-state index is -0.146. The van der Waals surface area contributed by atoms with Gasteiger partial charge in [-0.2, -0.15) is 0 Å². The number of hydrogen-bond donors (Lipinski definition) is 0. The molecule has 4 rings (SSSR count). The lowest BCUT2D eigenvalue weighted by atomic mass is 10.0. The Morgan fingerprint density at radius 3 is 2.69 bits per heavy atom. The third-order valence-electron chi connectivity index (χ3n) is 5.09. The van der Waals surface area contributed by atoms with Crippen LogP contribution in [0.5, 0.6) is 0 Å². The van der Waals surface area contributed by atoms with Crippen LogP contribution in [0.3, 0.4) is 0 Å². The first-order valence-electron chi connectivity index (χ1n) is 9.67. The summed E-state index contributed by atoms with van der Waals surface area (Å²) in [6.45, 7) is 4.96. The van der Waals surface area contributed by atoms with Gasteiger partial charge in [0.05, 0.1) is 19.3 Å². The molecule has 0 N–H and O–H groups in total. The van der Waals surface area contributed by atoms with Crippen molar-refractivity contribution >= 4 is 16.7 Å². The number of aryl methyl sites for hydroxylation is 1. The molecule has 0 aliphatic heterocycles. The van der Waals surface area contributed by atoms with Crippen LogP contribution in [0, 0.1) is 0 Å². The van der Waals surface area contributed by atoms with E-state index in [1.807, 2.05) is 49.9 Å². The molecule has 2 aromatic heterocycles. The Labute approximate surface area is 169 Å². The number of aromatic nitrogens is 5. The van der Waals surface area contributed by atoms with Gasteiger partial charge < -0.3 is 9.47 Å². The zero-order valence-corrected chi connectivity index (χ0v) is 16.9. The summed E-state index contributed by atoms with van der Waals surface area (Å²) in [6.07, 6.45) is 5.33. The largest absolute Gasteiger partial charge is 0.337 e. The Balaban J connectivity index is 1.55. The molecule has 0 saturated heterocycles. The van der Waals surface area contributed by atoms with E-state index in [1.165, 1.54) is 10.8 Å². The molecule has 148 valence electrons. The number of amides is 1. The Hall–Kier alpha value is -3.48. The number of hydrogen-bond acceptors (Lipinski definition) is 4. The van der Waals surface area contributed by atoms with E-state index < -0.39 is 0 Å². The molecule has 7 heteroatoms. The van der Waals surface area contributed by atoms with Gasteiger partial charge in [0.2, 0.25) is 0 Å². The van der Waals surface area contributed by atoms with Crippen LogP contribution in [0.25, 0.3) is 10.8 Å². The lowest BCUT2D eigenvalue weighted by Gasteiger charge is -2.25. The minimum absolute atomic E-state index is 0.0161. The van der Waals surface area contributed by atoms with E-state index in [1.54, 1.807) is 22.0 Å². The van der Waals surface area contributed by atoms with Gasteiger partial charge in [0.1, 0.15) is 5.82 Å². The molecule has 0 atom stereocenters. The summed E-state index contributed by atoms with van der Waals surface area (Å²) >= 11 is 0. The Kier molecular flexibility index (Phi) is 5.12. The van der Waals surface area contributed by atoms with Gasteiger partial charge in [-0.3, -0.25) is 4.79 Å². The lowest BCUT2D eigenvalue weighted by molar-refractivity contribution is 0.0677. The highest BCUT2D eigenvalue weighted by Gasteiger charge is 2.23. The second-order valence-electron chi connectivity index (χ2n) is 7.42. The van der Waals surface area contributed by atoms with E-state index in [0.717, 1.165) is 11.4 Å². The van der Waals surface area contributed by atoms with Gasteiger partial charge in [-0.15, -0.1) is 5.10 Å². The highest BCUT2D eigenvalue weighted by molar-refractivity contribution is 5.92. The maximum atomic E-state index is 13.1. The topological polar surface area (TPSA) is 68.8 Å². The third kappa shape index (κ3) is 3.89. The highest BCUT2D eigenvalue weighted by Crippen LogP contribution is 2.19. The van der Waals surface area contributed by atoms with Crippen molar-refractivity contribution in [3.8, 4) is 0 Å². The zero-order valence-electron chi connectivity index (χ0n) is 16.9. The van der Waals surface area contributed by atoms with Crippen LogP contribution >= 0.6 is 0 Å². The molecule has 0 fully saturated rings. The number of nitrogens with zero attached hydrogens (tertiary/aromatic N) is 6. The van der Waals surface area contributed by atoms with Crippen molar-refractivity contribution in [3.05, 3.63) is 78.1 Å². The average Bonchev–Trinajstić information content (AvgIpc) is 3.35. The summed E-state index contributed by atoms with van der Waals surface area (Å²) in [5.41, 5.74) is 1.48. The Morgan fingerprint density at radius 1 is 1.14 bits per heavy atom. The van der Waals surface area contributed by atoms with Crippen LogP contribution in [0.1, 0.15) is 35.7 Å². The van der Waals surface area contributed by atoms with Crippen LogP contribution < -0.4 is 0 Å². The van der Waals surface area contributed by atoms with E-state index in [-0.39, 0.29) is 11.9 Å². The number of imidazole rings is 1. The molecule has 0 unspecified atom stereocenters. The molecule has 0 aliphatic carbocycles. The summed E-state index contributed by atoms with van der Waals surface area (Å²) in [5, 5.41) is 10.7. The van der Waals surface area contributed by atoms with Crippen LogP contribution in [0.4, 0.5) is 0 Å². The van der Waals surface area contributed by atoms with E-state index in [4.69, 9.17) is 0 Å². The number of benzene rings is 2. The summed E-state index contributed by atoms with van der Waals surface area (Å²) in [7, 11) is 1.92. The maximum absolute atomic E-state index is 13.1. The molecule has 0 bridgehead atoms. The van der Waals surface area contributed by atoms with E-state index in [9.17, 15) is 4.79 Å². The molecule has 0 spiro atoms. The van der Waals surface area contributed by atoms with Crippen LogP contribution in [-0.4, -0.2) is 41.4 Å². The van der Waals surface area contributed by atoms with Crippen molar-refractivity contribution in [1.29, 1.82) is 0 Å². The monoisotopic (exact) mass is 388 g/mol. The molecule has 2 heterocycles. The van der Waals surface area contributed by atoms with Gasteiger partial charge in [0.25, 0.3) is 5.91 Å². The van der Waals surface area contributed by atoms with E-state index >= 15 is 0 Å². The fourth-order valence-electron chi connectivity index (χ4n) is 3.42. The number of fused-ring (bicyclic) bond motifs is 1. The summed E-state index contributed by atoms with van der Waals surface area (Å²) < 4.78 is 3.63. The summed E-state index contributed by atoms with van der Waals surface area (Å²) in [5.74, 6) is 0.683. The number of carbonyl (C=O) groups is 1. The molecular weight excluding hydrogens is 364 g/mol.